The van der Waals surface area contributed by atoms with E-state index in [1.54, 1.807) is 24.5 Å². The van der Waals surface area contributed by atoms with Gasteiger partial charge in [-0.15, -0.1) is 12.8 Å². The van der Waals surface area contributed by atoms with Crippen LogP contribution in [0.25, 0.3) is 5.76 Å². The zero-order valence-corrected chi connectivity index (χ0v) is 26.2. The molecule has 0 unspecified atom stereocenters. The Morgan fingerprint density at radius 2 is 1.32 bits per heavy atom. The molecule has 1 N–H and O–H groups in total. The first kappa shape index (κ1) is 35.0. The largest absolute Gasteiger partial charge is 0.488 e. The van der Waals surface area contributed by atoms with Gasteiger partial charge in [-0.3, -0.25) is 14.6 Å². The normalized spacial score (nSPS) is 10.5. The molecule has 6 nitrogen and oxygen atoms in total. The number of pyridine rings is 1. The number of hydrogen-bond acceptors (Lipinski definition) is 4. The number of rotatable bonds is 11. The molecule has 0 aliphatic rings. The molecule has 0 bridgehead atoms. The molecule has 4 rings (SSSR count). The van der Waals surface area contributed by atoms with Gasteiger partial charge in [-0.1, -0.05) is 80.1 Å². The highest BCUT2D eigenvalue weighted by Gasteiger charge is 2.20. The number of benzene rings is 3. The summed E-state index contributed by atoms with van der Waals surface area (Å²) in [4.78, 5) is 31.6. The number of nitrogens with one attached hydrogen (secondary N) is 1. The Morgan fingerprint density at radius 3 is 1.82 bits per heavy atom. The Hall–Kier alpha value is -5.15. The van der Waals surface area contributed by atoms with Crippen LogP contribution in [0.1, 0.15) is 60.7 Å². The highest BCUT2D eigenvalue weighted by molar-refractivity contribution is 6.04. The number of ether oxygens (including phenoxy) is 1. The van der Waals surface area contributed by atoms with Crippen molar-refractivity contribution in [3.05, 3.63) is 137 Å². The average molecular weight is 590 g/mol. The first-order valence-electron chi connectivity index (χ1n) is 14.8. The van der Waals surface area contributed by atoms with E-state index < -0.39 is 0 Å². The van der Waals surface area contributed by atoms with Crippen molar-refractivity contribution in [3.63, 3.8) is 0 Å². The lowest BCUT2D eigenvalue weighted by molar-refractivity contribution is -0.127. The molecule has 0 fully saturated rings. The maximum atomic E-state index is 13.3. The summed E-state index contributed by atoms with van der Waals surface area (Å²) in [7, 11) is 0. The van der Waals surface area contributed by atoms with Crippen molar-refractivity contribution in [3.8, 4) is 12.8 Å². The maximum Gasteiger partial charge on any atom is 0.255 e. The quantitative estimate of drug-likeness (QED) is 0.109. The third-order valence-corrected chi connectivity index (χ3v) is 6.45. The Balaban J connectivity index is 0.000000649. The molecular weight excluding hydrogens is 546 g/mol. The average Bonchev–Trinajstić information content (AvgIpc) is 3.07. The summed E-state index contributed by atoms with van der Waals surface area (Å²) in [6, 6.07) is 30.8. The highest BCUT2D eigenvalue weighted by atomic mass is 16.5. The van der Waals surface area contributed by atoms with E-state index in [9.17, 15) is 9.59 Å². The van der Waals surface area contributed by atoms with Crippen molar-refractivity contribution >= 4 is 23.3 Å². The van der Waals surface area contributed by atoms with Crippen LogP contribution < -0.4 is 5.32 Å². The van der Waals surface area contributed by atoms with Gasteiger partial charge in [-0.05, 0) is 68.7 Å². The number of carbonyl (C=O) groups excluding carboxylic acids is 2. The second-order valence-corrected chi connectivity index (χ2v) is 9.94. The molecule has 0 saturated carbocycles. The predicted molar refractivity (Wildman–Crippen MR) is 181 cm³/mol. The van der Waals surface area contributed by atoms with Crippen LogP contribution in [-0.4, -0.2) is 34.8 Å². The first-order valence-corrected chi connectivity index (χ1v) is 14.8. The van der Waals surface area contributed by atoms with E-state index in [2.05, 4.69) is 56.1 Å². The van der Waals surface area contributed by atoms with E-state index >= 15 is 0 Å². The molecule has 0 atom stereocenters. The van der Waals surface area contributed by atoms with Crippen LogP contribution in [0, 0.1) is 19.8 Å². The van der Waals surface area contributed by atoms with Gasteiger partial charge in [0.05, 0.1) is 5.57 Å². The van der Waals surface area contributed by atoms with E-state index in [-0.39, 0.29) is 11.8 Å². The molecule has 1 heterocycles. The Labute approximate surface area is 262 Å². The summed E-state index contributed by atoms with van der Waals surface area (Å²) in [5, 5.41) is 2.89. The number of amides is 2. The van der Waals surface area contributed by atoms with Gasteiger partial charge in [-0.25, -0.2) is 0 Å². The minimum atomic E-state index is -0.211. The molecule has 0 aliphatic carbocycles. The van der Waals surface area contributed by atoms with Crippen LogP contribution in [0.2, 0.25) is 0 Å². The van der Waals surface area contributed by atoms with Crippen LogP contribution in [0.4, 0.5) is 5.69 Å². The van der Waals surface area contributed by atoms with Crippen LogP contribution in [0.15, 0.2) is 115 Å². The van der Waals surface area contributed by atoms with Gasteiger partial charge in [0, 0.05) is 42.3 Å². The lowest BCUT2D eigenvalue weighted by Crippen LogP contribution is -2.33. The summed E-state index contributed by atoms with van der Waals surface area (Å²) in [6.45, 7) is 9.80. The van der Waals surface area contributed by atoms with Gasteiger partial charge < -0.3 is 15.0 Å². The SMILES string of the molecule is C#C.CCCN(CCC)C(=O)/C(C)=C(/OCc1ccccc1)c1ccc(NC(=O)c2ccncc2)cc1.Cc1ccccc1. The lowest BCUT2D eigenvalue weighted by atomic mass is 10.1. The van der Waals surface area contributed by atoms with Crippen LogP contribution in [-0.2, 0) is 16.1 Å². The van der Waals surface area contributed by atoms with Gasteiger partial charge >= 0.3 is 0 Å². The summed E-state index contributed by atoms with van der Waals surface area (Å²) in [5.41, 5.74) is 4.87. The van der Waals surface area contributed by atoms with Crippen molar-refractivity contribution in [2.75, 3.05) is 18.4 Å². The van der Waals surface area contributed by atoms with E-state index in [1.807, 2.05) is 84.6 Å². The van der Waals surface area contributed by atoms with Crippen molar-refractivity contribution in [1.82, 2.24) is 9.88 Å². The van der Waals surface area contributed by atoms with Crippen LogP contribution in [0.5, 0.6) is 0 Å². The zero-order valence-electron chi connectivity index (χ0n) is 26.2. The van der Waals surface area contributed by atoms with E-state index in [0.717, 1.165) is 24.0 Å². The summed E-state index contributed by atoms with van der Waals surface area (Å²) in [6.07, 6.45) is 13.0. The number of hydrogen-bond donors (Lipinski definition) is 1. The van der Waals surface area contributed by atoms with Crippen molar-refractivity contribution in [2.24, 2.45) is 0 Å². The summed E-state index contributed by atoms with van der Waals surface area (Å²) in [5.74, 6) is 0.312. The Morgan fingerprint density at radius 1 is 0.773 bits per heavy atom. The molecule has 1 aromatic heterocycles. The van der Waals surface area contributed by atoms with Gasteiger partial charge in [0.15, 0.2) is 0 Å². The molecule has 3 aromatic carbocycles. The topological polar surface area (TPSA) is 71.5 Å². The number of carbonyl (C=O) groups is 2. The molecule has 0 radical (unpaired) electrons. The fourth-order valence-electron chi connectivity index (χ4n) is 4.27. The van der Waals surface area contributed by atoms with Crippen LogP contribution >= 0.6 is 0 Å². The smallest absolute Gasteiger partial charge is 0.255 e. The fraction of sp³-hybridized carbons (Fsp3) is 0.237. The second kappa shape index (κ2) is 19.9. The maximum absolute atomic E-state index is 13.3. The molecular formula is C38H43N3O3. The number of terminal acetylenes is 1. The zero-order chi connectivity index (χ0) is 32.2. The first-order chi connectivity index (χ1) is 21.4. The third kappa shape index (κ3) is 11.6. The Bertz CT molecular complexity index is 1440. The second-order valence-electron chi connectivity index (χ2n) is 9.94. The van der Waals surface area contributed by atoms with Crippen LogP contribution in [0.3, 0.4) is 0 Å². The van der Waals surface area contributed by atoms with Crippen molar-refractivity contribution in [2.45, 2.75) is 47.1 Å². The highest BCUT2D eigenvalue weighted by Crippen LogP contribution is 2.25. The minimum Gasteiger partial charge on any atom is -0.488 e. The monoisotopic (exact) mass is 589 g/mol. The number of aromatic nitrogens is 1. The van der Waals surface area contributed by atoms with Crippen molar-refractivity contribution in [1.29, 1.82) is 0 Å². The van der Waals surface area contributed by atoms with E-state index in [1.165, 1.54) is 5.56 Å². The third-order valence-electron chi connectivity index (χ3n) is 6.45. The lowest BCUT2D eigenvalue weighted by Gasteiger charge is -2.23. The van der Waals surface area contributed by atoms with E-state index in [0.29, 0.717) is 42.3 Å². The molecule has 0 aliphatic heterocycles. The van der Waals surface area contributed by atoms with Gasteiger partial charge in [-0.2, -0.15) is 0 Å². The molecule has 4 aromatic rings. The number of nitrogens with zero attached hydrogens (tertiary/aromatic N) is 2. The predicted octanol–water partition coefficient (Wildman–Crippen LogP) is 8.17. The molecule has 0 spiro atoms. The number of aryl methyl sites for hydroxylation is 1. The fourth-order valence-corrected chi connectivity index (χ4v) is 4.27. The Kier molecular flexibility index (Phi) is 15.8. The molecule has 2 amide bonds. The molecule has 0 saturated heterocycles. The van der Waals surface area contributed by atoms with E-state index in [4.69, 9.17) is 4.74 Å². The number of anilines is 1. The summed E-state index contributed by atoms with van der Waals surface area (Å²) < 4.78 is 6.23. The van der Waals surface area contributed by atoms with Crippen molar-refractivity contribution < 1.29 is 14.3 Å². The van der Waals surface area contributed by atoms with Gasteiger partial charge in [0.25, 0.3) is 11.8 Å². The standard InChI is InChI=1S/C29H33N3O3.C7H8.C2H2/c1-4-19-32(20-5-2)29(34)22(3)27(35-21-23-9-7-6-8-10-23)24-11-13-26(14-12-24)31-28(33)25-15-17-30-18-16-25;1-7-5-3-2-4-6-7;1-2/h6-18H,4-5,19-21H2,1-3H3,(H,31,33);2-6H,1H3;1-2H/b27-22+;;. The van der Waals surface area contributed by atoms with Gasteiger partial charge in [0.1, 0.15) is 12.4 Å². The molecule has 6 heteroatoms. The van der Waals surface area contributed by atoms with Gasteiger partial charge in [0.2, 0.25) is 0 Å². The minimum absolute atomic E-state index is 0.0215. The molecule has 44 heavy (non-hydrogen) atoms. The summed E-state index contributed by atoms with van der Waals surface area (Å²) >= 11 is 0. The molecule has 228 valence electrons.